The maximum Gasteiger partial charge on any atom is 0.327 e. The fraction of sp³-hybridized carbons (Fsp3) is 0.429. The van der Waals surface area contributed by atoms with E-state index in [-0.39, 0.29) is 29.5 Å². The molecule has 0 saturated carbocycles. The number of hydrogen-bond acceptors (Lipinski definition) is 4. The summed E-state index contributed by atoms with van der Waals surface area (Å²) in [6, 6.07) is 3.18. The van der Waals surface area contributed by atoms with Crippen molar-refractivity contribution in [1.82, 2.24) is 10.2 Å². The number of halogens is 2. The van der Waals surface area contributed by atoms with Gasteiger partial charge in [0.2, 0.25) is 5.91 Å². The number of ether oxygens (including phenoxy) is 1. The molecule has 1 unspecified atom stereocenters. The molecule has 7 heteroatoms. The Labute approximate surface area is 128 Å². The normalized spacial score (nSPS) is 12.1. The molecule has 0 heterocycles. The van der Waals surface area contributed by atoms with Gasteiger partial charge in [-0.1, -0.05) is 17.7 Å². The van der Waals surface area contributed by atoms with Crippen molar-refractivity contribution in [2.75, 3.05) is 27.7 Å². The van der Waals surface area contributed by atoms with Crippen LogP contribution < -0.4 is 5.32 Å². The first kappa shape index (κ1) is 17.4. The lowest BCUT2D eigenvalue weighted by molar-refractivity contribution is -0.147. The van der Waals surface area contributed by atoms with Crippen molar-refractivity contribution in [3.63, 3.8) is 0 Å². The number of rotatable bonds is 6. The van der Waals surface area contributed by atoms with Gasteiger partial charge in [-0.3, -0.25) is 9.69 Å². The standard InChI is InChI=1S/C14H18ClFN2O3/c1-17-11(19)7-8-18(2)13(14(20)21-3)12-9(15)5-4-6-10(12)16/h4-6,13H,7-8H2,1-3H3,(H,17,19). The molecule has 1 N–H and O–H groups in total. The molecule has 0 radical (unpaired) electrons. The van der Waals surface area contributed by atoms with Gasteiger partial charge in [0, 0.05) is 30.6 Å². The molecule has 0 aliphatic heterocycles. The van der Waals surface area contributed by atoms with Gasteiger partial charge in [0.15, 0.2) is 0 Å². The Morgan fingerprint density at radius 3 is 2.67 bits per heavy atom. The van der Waals surface area contributed by atoms with Crippen LogP contribution in [-0.2, 0) is 14.3 Å². The largest absolute Gasteiger partial charge is 0.468 e. The molecule has 1 aromatic carbocycles. The number of hydrogen-bond donors (Lipinski definition) is 1. The fourth-order valence-electron chi connectivity index (χ4n) is 1.93. The van der Waals surface area contributed by atoms with Crippen molar-refractivity contribution < 1.29 is 18.7 Å². The molecule has 0 saturated heterocycles. The third kappa shape index (κ3) is 4.41. The van der Waals surface area contributed by atoms with Gasteiger partial charge < -0.3 is 10.1 Å². The topological polar surface area (TPSA) is 58.6 Å². The lowest BCUT2D eigenvalue weighted by Crippen LogP contribution is -2.35. The highest BCUT2D eigenvalue weighted by Crippen LogP contribution is 2.30. The summed E-state index contributed by atoms with van der Waals surface area (Å²) in [7, 11) is 4.35. The Morgan fingerprint density at radius 2 is 2.14 bits per heavy atom. The zero-order chi connectivity index (χ0) is 16.0. The van der Waals surface area contributed by atoms with Crippen LogP contribution in [-0.4, -0.2) is 44.5 Å². The predicted molar refractivity (Wildman–Crippen MR) is 77.5 cm³/mol. The highest BCUT2D eigenvalue weighted by molar-refractivity contribution is 6.31. The number of likely N-dealkylation sites (N-methyl/N-ethyl adjacent to an activating group) is 1. The third-order valence-corrected chi connectivity index (χ3v) is 3.44. The summed E-state index contributed by atoms with van der Waals surface area (Å²) in [5, 5.41) is 2.62. The molecule has 0 spiro atoms. The van der Waals surface area contributed by atoms with Gasteiger partial charge in [-0.25, -0.2) is 9.18 Å². The number of carbonyl (C=O) groups is 2. The summed E-state index contributed by atoms with van der Waals surface area (Å²) in [4.78, 5) is 24.8. The van der Waals surface area contributed by atoms with Crippen LogP contribution in [0.25, 0.3) is 0 Å². The summed E-state index contributed by atoms with van der Waals surface area (Å²) in [6.07, 6.45) is 0.173. The van der Waals surface area contributed by atoms with Gasteiger partial charge in [0.1, 0.15) is 11.9 Å². The second-order valence-corrected chi connectivity index (χ2v) is 4.87. The van der Waals surface area contributed by atoms with Gasteiger partial charge >= 0.3 is 5.97 Å². The van der Waals surface area contributed by atoms with E-state index in [1.807, 2.05) is 0 Å². The second-order valence-electron chi connectivity index (χ2n) is 4.46. The second kappa shape index (κ2) is 7.95. The molecule has 1 rings (SSSR count). The van der Waals surface area contributed by atoms with Crippen molar-refractivity contribution in [2.24, 2.45) is 0 Å². The van der Waals surface area contributed by atoms with E-state index in [2.05, 4.69) is 5.32 Å². The predicted octanol–water partition coefficient (Wildman–Crippen LogP) is 1.76. The number of amides is 1. The van der Waals surface area contributed by atoms with Crippen molar-refractivity contribution in [1.29, 1.82) is 0 Å². The SMILES string of the molecule is CNC(=O)CCN(C)C(C(=O)OC)c1c(F)cccc1Cl. The minimum absolute atomic E-state index is 0.0467. The van der Waals surface area contributed by atoms with Crippen LogP contribution in [0.2, 0.25) is 5.02 Å². The Balaban J connectivity index is 3.06. The van der Waals surface area contributed by atoms with Crippen molar-refractivity contribution >= 4 is 23.5 Å². The molecular formula is C14H18ClFN2O3. The average Bonchev–Trinajstić information content (AvgIpc) is 2.47. The molecule has 0 aliphatic rings. The first-order chi connectivity index (χ1) is 9.92. The lowest BCUT2D eigenvalue weighted by Gasteiger charge is -2.26. The van der Waals surface area contributed by atoms with E-state index < -0.39 is 17.8 Å². The average molecular weight is 317 g/mol. The smallest absolute Gasteiger partial charge is 0.327 e. The Morgan fingerprint density at radius 1 is 1.48 bits per heavy atom. The van der Waals surface area contributed by atoms with E-state index in [1.54, 1.807) is 7.05 Å². The fourth-order valence-corrected chi connectivity index (χ4v) is 2.20. The van der Waals surface area contributed by atoms with E-state index >= 15 is 0 Å². The van der Waals surface area contributed by atoms with E-state index in [1.165, 1.54) is 37.3 Å². The molecule has 0 fully saturated rings. The first-order valence-electron chi connectivity index (χ1n) is 6.35. The van der Waals surface area contributed by atoms with Gasteiger partial charge in [0.25, 0.3) is 0 Å². The van der Waals surface area contributed by atoms with Crippen molar-refractivity contribution in [2.45, 2.75) is 12.5 Å². The van der Waals surface area contributed by atoms with Gasteiger partial charge in [0.05, 0.1) is 7.11 Å². The summed E-state index contributed by atoms with van der Waals surface area (Å²) < 4.78 is 18.7. The molecule has 116 valence electrons. The summed E-state index contributed by atoms with van der Waals surface area (Å²) in [6.45, 7) is 0.254. The quantitative estimate of drug-likeness (QED) is 0.813. The van der Waals surface area contributed by atoms with E-state index in [4.69, 9.17) is 16.3 Å². The van der Waals surface area contributed by atoms with E-state index in [0.717, 1.165) is 0 Å². The number of benzene rings is 1. The van der Waals surface area contributed by atoms with Crippen molar-refractivity contribution in [3.05, 3.63) is 34.6 Å². The number of carbonyl (C=O) groups excluding carboxylic acids is 2. The van der Waals surface area contributed by atoms with Crippen LogP contribution in [0.3, 0.4) is 0 Å². The molecule has 1 aromatic rings. The molecular weight excluding hydrogens is 299 g/mol. The first-order valence-corrected chi connectivity index (χ1v) is 6.72. The minimum atomic E-state index is -1.01. The van der Waals surface area contributed by atoms with E-state index in [9.17, 15) is 14.0 Å². The Kier molecular flexibility index (Phi) is 6.58. The van der Waals surface area contributed by atoms with Crippen molar-refractivity contribution in [3.8, 4) is 0 Å². The molecule has 5 nitrogen and oxygen atoms in total. The highest BCUT2D eigenvalue weighted by Gasteiger charge is 2.30. The number of nitrogens with zero attached hydrogens (tertiary/aromatic N) is 1. The maximum atomic E-state index is 14.0. The lowest BCUT2D eigenvalue weighted by atomic mass is 10.0. The zero-order valence-electron chi connectivity index (χ0n) is 12.2. The highest BCUT2D eigenvalue weighted by atomic mass is 35.5. The van der Waals surface area contributed by atoms with Gasteiger partial charge in [-0.05, 0) is 19.2 Å². The molecule has 21 heavy (non-hydrogen) atoms. The Hall–Kier alpha value is -1.66. The monoisotopic (exact) mass is 316 g/mol. The molecule has 0 bridgehead atoms. The summed E-state index contributed by atoms with van der Waals surface area (Å²) >= 11 is 6.01. The molecule has 0 aromatic heterocycles. The number of methoxy groups -OCH3 is 1. The Bertz CT molecular complexity index is 505. The summed E-state index contributed by atoms with van der Waals surface area (Å²) in [5.74, 6) is -1.41. The van der Waals surface area contributed by atoms with Gasteiger partial charge in [-0.2, -0.15) is 0 Å². The summed E-state index contributed by atoms with van der Waals surface area (Å²) in [5.41, 5.74) is 0.0467. The molecule has 1 atom stereocenters. The number of esters is 1. The van der Waals surface area contributed by atoms with Crippen LogP contribution in [0.5, 0.6) is 0 Å². The van der Waals surface area contributed by atoms with Crippen LogP contribution in [0.15, 0.2) is 18.2 Å². The maximum absolute atomic E-state index is 14.0. The number of nitrogens with one attached hydrogen (secondary N) is 1. The minimum Gasteiger partial charge on any atom is -0.468 e. The van der Waals surface area contributed by atoms with Gasteiger partial charge in [-0.15, -0.1) is 0 Å². The van der Waals surface area contributed by atoms with E-state index in [0.29, 0.717) is 0 Å². The van der Waals surface area contributed by atoms with Crippen LogP contribution in [0.4, 0.5) is 4.39 Å². The molecule has 0 aliphatic carbocycles. The van der Waals surface area contributed by atoms with Crippen LogP contribution in [0.1, 0.15) is 18.0 Å². The molecule has 1 amide bonds. The van der Waals surface area contributed by atoms with Crippen LogP contribution in [0, 0.1) is 5.82 Å². The van der Waals surface area contributed by atoms with Crippen LogP contribution >= 0.6 is 11.6 Å². The third-order valence-electron chi connectivity index (χ3n) is 3.11. The zero-order valence-corrected chi connectivity index (χ0v) is 12.9.